The van der Waals surface area contributed by atoms with Crippen molar-refractivity contribution in [3.05, 3.63) is 11.6 Å². The van der Waals surface area contributed by atoms with E-state index >= 15 is 0 Å². The first-order valence-electron chi connectivity index (χ1n) is 26.9. The van der Waals surface area contributed by atoms with Crippen molar-refractivity contribution in [1.29, 1.82) is 0 Å². The molecule has 336 valence electrons. The van der Waals surface area contributed by atoms with E-state index in [9.17, 15) is 0 Å². The fourth-order valence-corrected chi connectivity index (χ4v) is 17.9. The van der Waals surface area contributed by atoms with Gasteiger partial charge in [-0.3, -0.25) is 9.80 Å². The van der Waals surface area contributed by atoms with Gasteiger partial charge in [-0.25, -0.2) is 0 Å². The van der Waals surface area contributed by atoms with Crippen LogP contribution >= 0.6 is 0 Å². The molecule has 0 aromatic carbocycles. The summed E-state index contributed by atoms with van der Waals surface area (Å²) >= 11 is 0. The predicted octanol–water partition coefficient (Wildman–Crippen LogP) is 13.9. The number of nitrogens with two attached hydrogens (primary N) is 1. The first kappa shape index (κ1) is 43.9. The second kappa shape index (κ2) is 16.6. The molecule has 6 saturated carbocycles. The molecule has 3 nitrogen and oxygen atoms in total. The van der Waals surface area contributed by atoms with Gasteiger partial charge in [0.05, 0.1) is 0 Å². The van der Waals surface area contributed by atoms with E-state index < -0.39 is 0 Å². The minimum absolute atomic E-state index is 0.353. The first-order chi connectivity index (χ1) is 27.9. The van der Waals surface area contributed by atoms with Crippen LogP contribution in [0, 0.1) is 87.3 Å². The molecule has 2 saturated heterocycles. The highest BCUT2D eigenvalue weighted by atomic mass is 15.3. The van der Waals surface area contributed by atoms with E-state index in [1.807, 2.05) is 5.57 Å². The summed E-state index contributed by atoms with van der Waals surface area (Å²) in [6.07, 6.45) is 33.4. The van der Waals surface area contributed by atoms with E-state index in [4.69, 9.17) is 5.73 Å². The molecule has 0 radical (unpaired) electrons. The van der Waals surface area contributed by atoms with Gasteiger partial charge in [0.1, 0.15) is 0 Å². The smallest absolute Gasteiger partial charge is 0.0348 e. The summed E-state index contributed by atoms with van der Waals surface area (Å²) in [5, 5.41) is 0. The van der Waals surface area contributed by atoms with Crippen LogP contribution in [-0.4, -0.2) is 52.1 Å². The Hall–Kier alpha value is -0.380. The minimum atomic E-state index is 0.353. The van der Waals surface area contributed by atoms with Crippen molar-refractivity contribution < 1.29 is 0 Å². The summed E-state index contributed by atoms with van der Waals surface area (Å²) in [5.74, 6) is 9.54. The van der Waals surface area contributed by atoms with Crippen LogP contribution in [0.3, 0.4) is 0 Å². The zero-order chi connectivity index (χ0) is 41.8. The number of hydrogen-bond acceptors (Lipinski definition) is 3. The molecule has 2 heterocycles. The molecule has 2 N–H and O–H groups in total. The average molecular weight is 812 g/mol. The van der Waals surface area contributed by atoms with E-state index in [1.165, 1.54) is 135 Å². The summed E-state index contributed by atoms with van der Waals surface area (Å²) in [6.45, 7) is 28.5. The number of hydrogen-bond donors (Lipinski definition) is 1. The minimum Gasteiger partial charge on any atom is -0.327 e. The lowest BCUT2D eigenvalue weighted by Gasteiger charge is -2.55. The molecule has 8 fully saturated rings. The lowest BCUT2D eigenvalue weighted by molar-refractivity contribution is -0.0448. The highest BCUT2D eigenvalue weighted by Crippen LogP contribution is 2.64. The van der Waals surface area contributed by atoms with E-state index in [0.717, 1.165) is 95.4 Å². The third-order valence-electron chi connectivity index (χ3n) is 21.3. The summed E-state index contributed by atoms with van der Waals surface area (Å²) in [6, 6.07) is 5.26. The quantitative estimate of drug-likeness (QED) is 0.281. The van der Waals surface area contributed by atoms with Crippen LogP contribution in [0.25, 0.3) is 0 Å². The number of fused-ring (bicyclic) bond motifs is 6. The molecular weight excluding hydrogens is 715 g/mol. The van der Waals surface area contributed by atoms with E-state index in [2.05, 4.69) is 92.0 Å². The Morgan fingerprint density at radius 3 is 1.64 bits per heavy atom. The molecule has 3 heteroatoms. The van der Waals surface area contributed by atoms with Gasteiger partial charge >= 0.3 is 0 Å². The SMILES string of the molecule is CC1CC(N(C2CCCCC2)C2CCCCC2)CCC1C1CC(C(C)(C)C)CC(C2CC3C(CC2C)C2=CC(C(C)(C)C)CC4C5CC(C(C)(C)C)CCC5N3C24)C1N. The van der Waals surface area contributed by atoms with Gasteiger partial charge in [0, 0.05) is 42.3 Å². The summed E-state index contributed by atoms with van der Waals surface area (Å²) < 4.78 is 0. The lowest BCUT2D eigenvalue weighted by atomic mass is 9.53. The molecule has 17 atom stereocenters. The average Bonchev–Trinajstić information content (AvgIpc) is 3.68. The van der Waals surface area contributed by atoms with Gasteiger partial charge in [0.2, 0.25) is 0 Å². The van der Waals surface area contributed by atoms with Gasteiger partial charge in [0.15, 0.2) is 0 Å². The summed E-state index contributed by atoms with van der Waals surface area (Å²) in [4.78, 5) is 6.51. The highest BCUT2D eigenvalue weighted by molar-refractivity contribution is 5.34. The molecule has 9 rings (SSSR count). The largest absolute Gasteiger partial charge is 0.327 e. The van der Waals surface area contributed by atoms with Gasteiger partial charge in [-0.15, -0.1) is 0 Å². The standard InChI is InChI=1S/C56H97N3/c1-34-26-41(58(39-18-14-12-15-19-39)40-20-16-13-17-21-40)23-24-42(34)46-29-37(55(6,7)8)30-47(52(46)57)43-33-51-44(27-35(43)2)48-31-38(56(9,10)11)32-49-45-28-36(54(3,4)5)22-25-50(45)59(51)53(48)49/h31,34-47,49-53H,12-30,32-33,57H2,1-11H3. The molecule has 59 heavy (non-hydrogen) atoms. The number of nitrogens with zero attached hydrogens (tertiary/aromatic N) is 2. The van der Waals surface area contributed by atoms with Crippen molar-refractivity contribution >= 4 is 0 Å². The molecule has 0 bridgehead atoms. The molecule has 0 aromatic rings. The molecule has 17 unspecified atom stereocenters. The molecule has 9 aliphatic rings. The first-order valence-corrected chi connectivity index (χ1v) is 26.9. The molecule has 0 aromatic heterocycles. The van der Waals surface area contributed by atoms with E-state index in [-0.39, 0.29) is 0 Å². The second-order valence-electron chi connectivity index (χ2n) is 27.4. The van der Waals surface area contributed by atoms with E-state index in [0.29, 0.717) is 34.1 Å². The molecule has 2 aliphatic heterocycles. The topological polar surface area (TPSA) is 32.5 Å². The second-order valence-corrected chi connectivity index (χ2v) is 27.4. The Morgan fingerprint density at radius 2 is 1.07 bits per heavy atom. The summed E-state index contributed by atoms with van der Waals surface area (Å²) in [5.41, 5.74) is 11.0. The third kappa shape index (κ3) is 8.18. The summed E-state index contributed by atoms with van der Waals surface area (Å²) in [7, 11) is 0. The van der Waals surface area contributed by atoms with Crippen molar-refractivity contribution in [3.8, 4) is 0 Å². The maximum atomic E-state index is 7.97. The van der Waals surface area contributed by atoms with Crippen LogP contribution < -0.4 is 5.73 Å². The Morgan fingerprint density at radius 1 is 0.492 bits per heavy atom. The normalized spacial score (nSPS) is 46.8. The molecular formula is C56H97N3. The fraction of sp³-hybridized carbons (Fsp3) is 0.964. The maximum Gasteiger partial charge on any atom is 0.0348 e. The van der Waals surface area contributed by atoms with E-state index in [1.54, 1.807) is 0 Å². The van der Waals surface area contributed by atoms with Gasteiger partial charge in [-0.1, -0.05) is 126 Å². The van der Waals surface area contributed by atoms with Crippen LogP contribution in [0.1, 0.15) is 211 Å². The monoisotopic (exact) mass is 812 g/mol. The Balaban J connectivity index is 0.969. The van der Waals surface area contributed by atoms with Crippen LogP contribution in [0.15, 0.2) is 11.6 Å². The van der Waals surface area contributed by atoms with Gasteiger partial charge in [-0.05, 0) is 184 Å². The Labute approximate surface area is 366 Å². The van der Waals surface area contributed by atoms with Crippen LogP contribution in [0.5, 0.6) is 0 Å². The van der Waals surface area contributed by atoms with Gasteiger partial charge < -0.3 is 5.73 Å². The lowest BCUT2D eigenvalue weighted by Crippen LogP contribution is -2.57. The zero-order valence-electron chi connectivity index (χ0n) is 40.9. The van der Waals surface area contributed by atoms with Gasteiger partial charge in [-0.2, -0.15) is 0 Å². The Bertz CT molecular complexity index is 1440. The van der Waals surface area contributed by atoms with Crippen molar-refractivity contribution in [2.24, 2.45) is 93.0 Å². The molecule has 0 amide bonds. The molecule has 0 spiro atoms. The van der Waals surface area contributed by atoms with Crippen molar-refractivity contribution in [2.45, 2.75) is 253 Å². The molecule has 7 aliphatic carbocycles. The zero-order valence-corrected chi connectivity index (χ0v) is 40.9. The van der Waals surface area contributed by atoms with Crippen molar-refractivity contribution in [2.75, 3.05) is 0 Å². The van der Waals surface area contributed by atoms with Crippen LogP contribution in [0.2, 0.25) is 0 Å². The fourth-order valence-electron chi connectivity index (χ4n) is 17.9. The highest BCUT2D eigenvalue weighted by Gasteiger charge is 2.64. The van der Waals surface area contributed by atoms with Crippen molar-refractivity contribution in [3.63, 3.8) is 0 Å². The van der Waals surface area contributed by atoms with Gasteiger partial charge in [0.25, 0.3) is 0 Å². The number of rotatable bonds is 5. The van der Waals surface area contributed by atoms with Crippen molar-refractivity contribution in [1.82, 2.24) is 9.80 Å². The van der Waals surface area contributed by atoms with Crippen LogP contribution in [-0.2, 0) is 0 Å². The number of allylic oxidation sites excluding steroid dienone is 1. The predicted molar refractivity (Wildman–Crippen MR) is 251 cm³/mol. The third-order valence-corrected chi connectivity index (χ3v) is 21.3. The maximum absolute atomic E-state index is 7.97. The van der Waals surface area contributed by atoms with Crippen LogP contribution in [0.4, 0.5) is 0 Å². The Kier molecular flexibility index (Phi) is 12.3.